The van der Waals surface area contributed by atoms with Crippen LogP contribution in [0.15, 0.2) is 66.9 Å². The molecule has 0 aliphatic heterocycles. The molecule has 0 fully saturated rings. The maximum Gasteiger partial charge on any atom is 0.229 e. The number of nitrogens with zero attached hydrogens (tertiary/aromatic N) is 1. The first-order valence-electron chi connectivity index (χ1n) is 7.62. The zero-order valence-electron chi connectivity index (χ0n) is 13.2. The van der Waals surface area contributed by atoms with Gasteiger partial charge in [0.05, 0.1) is 29.0 Å². The van der Waals surface area contributed by atoms with Crippen molar-refractivity contribution in [3.8, 4) is 0 Å². The summed E-state index contributed by atoms with van der Waals surface area (Å²) in [6.45, 7) is 0. The summed E-state index contributed by atoms with van der Waals surface area (Å²) in [6.07, 6.45) is 1.94. The average molecular weight is 372 g/mol. The normalized spacial score (nSPS) is 10.3. The van der Waals surface area contributed by atoms with Crippen LogP contribution >= 0.6 is 23.2 Å². The van der Waals surface area contributed by atoms with Gasteiger partial charge < -0.3 is 10.6 Å². The van der Waals surface area contributed by atoms with Crippen molar-refractivity contribution in [2.75, 3.05) is 10.6 Å². The Labute approximate surface area is 155 Å². The second-order valence-electron chi connectivity index (χ2n) is 5.39. The molecule has 0 bridgehead atoms. The predicted molar refractivity (Wildman–Crippen MR) is 103 cm³/mol. The first kappa shape index (κ1) is 17.3. The van der Waals surface area contributed by atoms with E-state index in [4.69, 9.17) is 23.2 Å². The number of carbonyl (C=O) groups excluding carboxylic acids is 1. The number of halogens is 2. The molecule has 2 N–H and O–H groups in total. The minimum Gasteiger partial charge on any atom is -0.353 e. The fourth-order valence-corrected chi connectivity index (χ4v) is 2.71. The number of benzene rings is 2. The van der Waals surface area contributed by atoms with Crippen molar-refractivity contribution >= 4 is 46.3 Å². The Balaban J connectivity index is 1.61. The van der Waals surface area contributed by atoms with E-state index in [1.54, 1.807) is 30.5 Å². The molecule has 1 aromatic heterocycles. The summed E-state index contributed by atoms with van der Waals surface area (Å²) in [7, 11) is 0. The Morgan fingerprint density at radius 1 is 1.00 bits per heavy atom. The molecular formula is C19H15Cl2N3O. The van der Waals surface area contributed by atoms with E-state index in [9.17, 15) is 4.79 Å². The van der Waals surface area contributed by atoms with E-state index in [1.807, 2.05) is 36.4 Å². The van der Waals surface area contributed by atoms with Crippen molar-refractivity contribution in [1.29, 1.82) is 0 Å². The third-order valence-corrected chi connectivity index (χ3v) is 4.00. The van der Waals surface area contributed by atoms with Crippen molar-refractivity contribution in [3.63, 3.8) is 0 Å². The summed E-state index contributed by atoms with van der Waals surface area (Å²) in [4.78, 5) is 16.3. The molecule has 25 heavy (non-hydrogen) atoms. The van der Waals surface area contributed by atoms with Crippen LogP contribution in [-0.2, 0) is 11.2 Å². The van der Waals surface area contributed by atoms with Gasteiger partial charge in [0.25, 0.3) is 0 Å². The van der Waals surface area contributed by atoms with Gasteiger partial charge in [0.1, 0.15) is 5.82 Å². The molecule has 6 heteroatoms. The summed E-state index contributed by atoms with van der Waals surface area (Å²) >= 11 is 12.0. The van der Waals surface area contributed by atoms with Gasteiger partial charge in [-0.3, -0.25) is 4.79 Å². The molecule has 0 saturated carbocycles. The summed E-state index contributed by atoms with van der Waals surface area (Å²) in [5, 5.41) is 7.03. The van der Waals surface area contributed by atoms with E-state index >= 15 is 0 Å². The van der Waals surface area contributed by atoms with Gasteiger partial charge in [-0.1, -0.05) is 53.5 Å². The van der Waals surface area contributed by atoms with Crippen LogP contribution < -0.4 is 10.6 Å². The number of hydrogen-bond acceptors (Lipinski definition) is 3. The van der Waals surface area contributed by atoms with Gasteiger partial charge in [0.15, 0.2) is 0 Å². The molecule has 3 aromatic rings. The van der Waals surface area contributed by atoms with E-state index in [2.05, 4.69) is 15.6 Å². The Bertz CT molecular complexity index is 868. The lowest BCUT2D eigenvalue weighted by atomic mass is 10.1. The van der Waals surface area contributed by atoms with Crippen molar-refractivity contribution in [2.24, 2.45) is 0 Å². The highest BCUT2D eigenvalue weighted by Gasteiger charge is 2.06. The van der Waals surface area contributed by atoms with Crippen LogP contribution in [0.2, 0.25) is 10.0 Å². The summed E-state index contributed by atoms with van der Waals surface area (Å²) in [5.41, 5.74) is 2.44. The SMILES string of the molecule is O=C(Cc1ccccc1)Nc1ccc(Nc2ccc(Cl)cc2Cl)cn1. The van der Waals surface area contributed by atoms with Crippen LogP contribution in [0.1, 0.15) is 5.56 Å². The molecule has 4 nitrogen and oxygen atoms in total. The van der Waals surface area contributed by atoms with Crippen LogP contribution in [0.4, 0.5) is 17.2 Å². The fourth-order valence-electron chi connectivity index (χ4n) is 2.26. The molecule has 1 heterocycles. The lowest BCUT2D eigenvalue weighted by Gasteiger charge is -2.09. The molecule has 0 unspecified atom stereocenters. The fraction of sp³-hybridized carbons (Fsp3) is 0.0526. The molecule has 0 aliphatic rings. The predicted octanol–water partition coefficient (Wildman–Crippen LogP) is 5.31. The number of nitrogens with one attached hydrogen (secondary N) is 2. The Kier molecular flexibility index (Phi) is 5.53. The topological polar surface area (TPSA) is 54.0 Å². The Morgan fingerprint density at radius 3 is 2.48 bits per heavy atom. The first-order valence-corrected chi connectivity index (χ1v) is 8.38. The van der Waals surface area contributed by atoms with E-state index in [-0.39, 0.29) is 5.91 Å². The third-order valence-electron chi connectivity index (χ3n) is 3.45. The Morgan fingerprint density at radius 2 is 1.80 bits per heavy atom. The molecule has 0 saturated heterocycles. The first-order chi connectivity index (χ1) is 12.1. The molecule has 0 atom stereocenters. The van der Waals surface area contributed by atoms with Crippen molar-refractivity contribution in [3.05, 3.63) is 82.5 Å². The average Bonchev–Trinajstić information content (AvgIpc) is 2.60. The zero-order chi connectivity index (χ0) is 17.6. The lowest BCUT2D eigenvalue weighted by Crippen LogP contribution is -2.15. The van der Waals surface area contributed by atoms with E-state index in [0.29, 0.717) is 22.3 Å². The van der Waals surface area contributed by atoms with Crippen LogP contribution in [0, 0.1) is 0 Å². The third kappa shape index (κ3) is 4.95. The maximum absolute atomic E-state index is 12.0. The quantitative estimate of drug-likeness (QED) is 0.638. The number of aromatic nitrogens is 1. The number of carbonyl (C=O) groups is 1. The number of rotatable bonds is 5. The maximum atomic E-state index is 12.0. The molecule has 0 spiro atoms. The Hall–Kier alpha value is -2.56. The van der Waals surface area contributed by atoms with Crippen LogP contribution in [0.5, 0.6) is 0 Å². The van der Waals surface area contributed by atoms with Gasteiger partial charge in [-0.15, -0.1) is 0 Å². The van der Waals surface area contributed by atoms with Crippen LogP contribution in [0.3, 0.4) is 0 Å². The van der Waals surface area contributed by atoms with Gasteiger partial charge in [0, 0.05) is 5.02 Å². The largest absolute Gasteiger partial charge is 0.353 e. The molecule has 0 aliphatic carbocycles. The molecule has 2 aromatic carbocycles. The zero-order valence-corrected chi connectivity index (χ0v) is 14.7. The van der Waals surface area contributed by atoms with Gasteiger partial charge >= 0.3 is 0 Å². The van der Waals surface area contributed by atoms with Crippen molar-refractivity contribution in [1.82, 2.24) is 4.98 Å². The van der Waals surface area contributed by atoms with Gasteiger partial charge in [-0.25, -0.2) is 4.98 Å². The summed E-state index contributed by atoms with van der Waals surface area (Å²) in [5.74, 6) is 0.383. The summed E-state index contributed by atoms with van der Waals surface area (Å²) < 4.78 is 0. The van der Waals surface area contributed by atoms with E-state index < -0.39 is 0 Å². The standard InChI is InChI=1S/C19H15Cl2N3O/c20-14-6-8-17(16(21)11-14)23-15-7-9-18(22-12-15)24-19(25)10-13-4-2-1-3-5-13/h1-9,11-12,23H,10H2,(H,22,24,25). The van der Waals surface area contributed by atoms with E-state index in [1.165, 1.54) is 0 Å². The van der Waals surface area contributed by atoms with Crippen molar-refractivity contribution in [2.45, 2.75) is 6.42 Å². The molecular weight excluding hydrogens is 357 g/mol. The number of hydrogen-bond donors (Lipinski definition) is 2. The molecule has 1 amide bonds. The smallest absolute Gasteiger partial charge is 0.229 e. The minimum absolute atomic E-state index is 0.111. The highest BCUT2D eigenvalue weighted by molar-refractivity contribution is 6.36. The van der Waals surface area contributed by atoms with Crippen molar-refractivity contribution < 1.29 is 4.79 Å². The van der Waals surface area contributed by atoms with Gasteiger partial charge in [-0.05, 0) is 35.9 Å². The lowest BCUT2D eigenvalue weighted by molar-refractivity contribution is -0.115. The highest BCUT2D eigenvalue weighted by atomic mass is 35.5. The van der Waals surface area contributed by atoms with Gasteiger partial charge in [0.2, 0.25) is 5.91 Å². The number of amides is 1. The van der Waals surface area contributed by atoms with E-state index in [0.717, 1.165) is 16.9 Å². The minimum atomic E-state index is -0.111. The molecule has 126 valence electrons. The van der Waals surface area contributed by atoms with Gasteiger partial charge in [-0.2, -0.15) is 0 Å². The van der Waals surface area contributed by atoms with Crippen LogP contribution in [0.25, 0.3) is 0 Å². The monoisotopic (exact) mass is 371 g/mol. The number of anilines is 3. The summed E-state index contributed by atoms with van der Waals surface area (Å²) in [6, 6.07) is 18.3. The second kappa shape index (κ2) is 8.01. The number of pyridine rings is 1. The molecule has 0 radical (unpaired) electrons. The van der Waals surface area contributed by atoms with Crippen LogP contribution in [-0.4, -0.2) is 10.9 Å². The second-order valence-corrected chi connectivity index (χ2v) is 6.24. The molecule has 3 rings (SSSR count). The highest BCUT2D eigenvalue weighted by Crippen LogP contribution is 2.28.